The Morgan fingerprint density at radius 2 is 1.74 bits per heavy atom. The van der Waals surface area contributed by atoms with E-state index in [0.717, 1.165) is 12.3 Å². The van der Waals surface area contributed by atoms with Crippen molar-refractivity contribution in [3.63, 3.8) is 0 Å². The second-order valence-electron chi connectivity index (χ2n) is 10.3. The predicted octanol–water partition coefficient (Wildman–Crippen LogP) is 7.02. The van der Waals surface area contributed by atoms with Crippen LogP contribution in [0.4, 0.5) is 24.5 Å². The van der Waals surface area contributed by atoms with E-state index < -0.39 is 35.3 Å². The number of carbonyl (C=O) groups is 2. The van der Waals surface area contributed by atoms with Gasteiger partial charge in [-0.3, -0.25) is 19.5 Å². The lowest BCUT2D eigenvalue weighted by Gasteiger charge is -2.36. The van der Waals surface area contributed by atoms with Gasteiger partial charge in [0, 0.05) is 39.6 Å². The van der Waals surface area contributed by atoms with Crippen LogP contribution >= 0.6 is 23.2 Å². The zero-order valence-corrected chi connectivity index (χ0v) is 24.1. The number of imidazole rings is 1. The Labute approximate surface area is 248 Å². The van der Waals surface area contributed by atoms with Crippen molar-refractivity contribution < 1.29 is 27.5 Å². The van der Waals surface area contributed by atoms with Gasteiger partial charge in [-0.05, 0) is 50.6 Å². The summed E-state index contributed by atoms with van der Waals surface area (Å²) in [7, 11) is 1.23. The lowest BCUT2D eigenvalue weighted by atomic mass is 9.86. The Morgan fingerprint density at radius 1 is 1.05 bits per heavy atom. The van der Waals surface area contributed by atoms with E-state index in [-0.39, 0.29) is 28.5 Å². The third-order valence-electron chi connectivity index (χ3n) is 7.49. The third kappa shape index (κ3) is 3.83. The van der Waals surface area contributed by atoms with E-state index in [1.807, 2.05) is 13.8 Å². The van der Waals surface area contributed by atoms with E-state index in [1.165, 1.54) is 12.0 Å². The lowest BCUT2D eigenvalue weighted by molar-refractivity contribution is -0.141. The number of amides is 2. The molecule has 2 amide bonds. The smallest absolute Gasteiger partial charge is 0.433 e. The molecular weight excluding hydrogens is 594 g/mol. The number of rotatable bonds is 4. The number of fused-ring (bicyclic) bond motifs is 4. The van der Waals surface area contributed by atoms with E-state index in [1.54, 1.807) is 47.9 Å². The number of hydrogen-bond acceptors (Lipinski definition) is 5. The first-order valence-electron chi connectivity index (χ1n) is 12.8. The second-order valence-corrected chi connectivity index (χ2v) is 11.2. The van der Waals surface area contributed by atoms with Crippen LogP contribution in [-0.2, 0) is 16.5 Å². The van der Waals surface area contributed by atoms with Gasteiger partial charge in [0.2, 0.25) is 0 Å². The molecule has 0 unspecified atom stereocenters. The number of ether oxygens (including phenoxy) is 1. The number of benzene rings is 2. The van der Waals surface area contributed by atoms with Gasteiger partial charge in [-0.25, -0.2) is 4.98 Å². The molecule has 0 radical (unpaired) electrons. The van der Waals surface area contributed by atoms with Crippen LogP contribution in [0.15, 0.2) is 48.7 Å². The summed E-state index contributed by atoms with van der Waals surface area (Å²) in [6.45, 7) is 5.42. The number of anilines is 2. The van der Waals surface area contributed by atoms with Crippen LogP contribution < -0.4 is 15.0 Å². The highest BCUT2D eigenvalue weighted by atomic mass is 35.5. The highest BCUT2D eigenvalue weighted by molar-refractivity contribution is 6.32. The maximum Gasteiger partial charge on any atom is 0.433 e. The molecule has 8 nitrogen and oxygen atoms in total. The van der Waals surface area contributed by atoms with Gasteiger partial charge in [0.25, 0.3) is 11.8 Å². The maximum absolute atomic E-state index is 14.4. The number of alkyl halides is 3. The number of aromatic nitrogens is 3. The van der Waals surface area contributed by atoms with E-state index >= 15 is 0 Å². The lowest BCUT2D eigenvalue weighted by Crippen LogP contribution is -2.51. The number of nitrogens with one attached hydrogen (secondary N) is 1. The monoisotopic (exact) mass is 615 g/mol. The van der Waals surface area contributed by atoms with Crippen LogP contribution in [0.3, 0.4) is 0 Å². The van der Waals surface area contributed by atoms with Crippen molar-refractivity contribution in [3.05, 3.63) is 86.9 Å². The van der Waals surface area contributed by atoms with E-state index in [0.29, 0.717) is 32.5 Å². The normalized spacial score (nSPS) is 17.7. The molecule has 0 saturated heterocycles. The summed E-state index contributed by atoms with van der Waals surface area (Å²) in [5.41, 5.74) is -0.629. The zero-order chi connectivity index (χ0) is 30.3. The van der Waals surface area contributed by atoms with E-state index in [4.69, 9.17) is 27.9 Å². The van der Waals surface area contributed by atoms with Crippen molar-refractivity contribution in [2.45, 2.75) is 38.5 Å². The molecule has 4 heterocycles. The zero-order valence-electron chi connectivity index (χ0n) is 22.6. The molecule has 13 heteroatoms. The summed E-state index contributed by atoms with van der Waals surface area (Å²) in [5, 5.41) is 3.60. The van der Waals surface area contributed by atoms with Gasteiger partial charge in [0.05, 0.1) is 24.1 Å². The minimum atomic E-state index is -4.71. The number of hydrogen-bond donors (Lipinski definition) is 1. The van der Waals surface area contributed by atoms with Gasteiger partial charge in [0.15, 0.2) is 11.2 Å². The first-order chi connectivity index (χ1) is 19.8. The fraction of sp³-hybridized carbons (Fsp3) is 0.241. The molecule has 1 atom stereocenters. The molecule has 2 aliphatic rings. The Bertz CT molecular complexity index is 1820. The summed E-state index contributed by atoms with van der Waals surface area (Å²) in [6.07, 6.45) is -3.69. The van der Waals surface area contributed by atoms with Gasteiger partial charge >= 0.3 is 6.18 Å². The molecular formula is C29H22Cl2F3N5O3. The minimum absolute atomic E-state index is 0.0435. The molecule has 0 aliphatic carbocycles. The average Bonchev–Trinajstić information content (AvgIpc) is 3.53. The summed E-state index contributed by atoms with van der Waals surface area (Å²) < 4.78 is 47.4. The van der Waals surface area contributed by atoms with E-state index in [9.17, 15) is 22.8 Å². The molecule has 2 aromatic heterocycles. The number of halogens is 5. The number of carbonyl (C=O) groups excluding carboxylic acids is 2. The first kappa shape index (κ1) is 28.0. The van der Waals surface area contributed by atoms with Gasteiger partial charge < -0.3 is 14.6 Å². The predicted molar refractivity (Wildman–Crippen MR) is 151 cm³/mol. The number of nitrogens with zero attached hydrogens (tertiary/aromatic N) is 4. The van der Waals surface area contributed by atoms with Crippen LogP contribution in [0, 0.1) is 6.92 Å². The molecule has 1 N–H and O–H groups in total. The van der Waals surface area contributed by atoms with Gasteiger partial charge in [-0.15, -0.1) is 0 Å². The molecule has 6 rings (SSSR count). The van der Waals surface area contributed by atoms with Gasteiger partial charge in [-0.2, -0.15) is 13.2 Å². The Kier molecular flexibility index (Phi) is 6.32. The van der Waals surface area contributed by atoms with Crippen LogP contribution in [0.2, 0.25) is 10.0 Å². The fourth-order valence-corrected chi connectivity index (χ4v) is 6.09. The van der Waals surface area contributed by atoms with Crippen molar-refractivity contribution in [2.75, 3.05) is 17.3 Å². The van der Waals surface area contributed by atoms with Crippen LogP contribution in [0.5, 0.6) is 5.75 Å². The quantitative estimate of drug-likeness (QED) is 0.266. The van der Waals surface area contributed by atoms with Gasteiger partial charge in [-0.1, -0.05) is 35.3 Å². The minimum Gasteiger partial charge on any atom is -0.496 e. The topological polar surface area (TPSA) is 89.3 Å². The van der Waals surface area contributed by atoms with Crippen LogP contribution in [0.1, 0.15) is 52.9 Å². The number of methoxy groups -OCH3 is 1. The summed E-state index contributed by atoms with van der Waals surface area (Å²) in [4.78, 5) is 38.3. The maximum atomic E-state index is 14.4. The molecule has 42 heavy (non-hydrogen) atoms. The summed E-state index contributed by atoms with van der Waals surface area (Å²) in [5.74, 6) is -1.14. The molecule has 0 fully saturated rings. The molecule has 0 bridgehead atoms. The first-order valence-corrected chi connectivity index (χ1v) is 13.5. The standard InChI is InChI=1S/C29H22Cl2F3N5O3/c1-13(2)38-24-23(37-25(38)17-12-35-22(29(32,33)34)11-21(17)42-4)26(40)39(20-10-16(31)6-5-14(20)3)28(24)18-8-7-15(30)9-19(18)36-27(28)41/h5-13H,1-4H3,(H,36,41)/t28-/m1/s1. The van der Waals surface area contributed by atoms with Crippen molar-refractivity contribution in [1.82, 2.24) is 14.5 Å². The largest absolute Gasteiger partial charge is 0.496 e. The molecule has 1 spiro atoms. The Hall–Kier alpha value is -4.09. The fourth-order valence-electron chi connectivity index (χ4n) is 5.75. The van der Waals surface area contributed by atoms with Crippen LogP contribution in [-0.4, -0.2) is 33.5 Å². The number of aryl methyl sites for hydroxylation is 1. The highest BCUT2D eigenvalue weighted by Gasteiger charge is 2.64. The second kappa shape index (κ2) is 9.47. The molecule has 0 saturated carbocycles. The van der Waals surface area contributed by atoms with Crippen molar-refractivity contribution in [2.24, 2.45) is 0 Å². The van der Waals surface area contributed by atoms with Crippen molar-refractivity contribution >= 4 is 46.4 Å². The van der Waals surface area contributed by atoms with Crippen molar-refractivity contribution in [1.29, 1.82) is 0 Å². The van der Waals surface area contributed by atoms with E-state index in [2.05, 4.69) is 15.3 Å². The molecule has 216 valence electrons. The average molecular weight is 616 g/mol. The van der Waals surface area contributed by atoms with Crippen molar-refractivity contribution in [3.8, 4) is 17.1 Å². The summed E-state index contributed by atoms with van der Waals surface area (Å²) >= 11 is 12.6. The molecule has 2 aliphatic heterocycles. The molecule has 2 aromatic carbocycles. The van der Waals surface area contributed by atoms with Crippen LogP contribution in [0.25, 0.3) is 11.4 Å². The Morgan fingerprint density at radius 3 is 2.40 bits per heavy atom. The summed E-state index contributed by atoms with van der Waals surface area (Å²) in [6, 6.07) is 10.3. The number of pyridine rings is 1. The third-order valence-corrected chi connectivity index (χ3v) is 7.96. The highest BCUT2D eigenvalue weighted by Crippen LogP contribution is 2.55. The van der Waals surface area contributed by atoms with Gasteiger partial charge in [0.1, 0.15) is 17.3 Å². The molecule has 4 aromatic rings. The Balaban J connectivity index is 1.71. The SMILES string of the molecule is COc1cc(C(F)(F)F)ncc1-c1nc2c(n1C(C)C)[C@]1(C(=O)Nc3cc(Cl)ccc31)N(c1cc(Cl)ccc1C)C2=O.